The van der Waals surface area contributed by atoms with Crippen LogP contribution in [0.5, 0.6) is 5.75 Å². The molecule has 0 unspecified atom stereocenters. The summed E-state index contributed by atoms with van der Waals surface area (Å²) in [5.41, 5.74) is 2.08. The Labute approximate surface area is 215 Å². The Morgan fingerprint density at radius 2 is 1.67 bits per heavy atom. The molecule has 1 atom stereocenters. The molecule has 3 rings (SSSR count). The maximum absolute atomic E-state index is 12.9. The Balaban J connectivity index is 1.57. The predicted octanol–water partition coefficient (Wildman–Crippen LogP) is 3.54. The van der Waals surface area contributed by atoms with Gasteiger partial charge in [0.05, 0.1) is 7.11 Å². The second kappa shape index (κ2) is 15.8. The average Bonchev–Trinajstić information content (AvgIpc) is 2.91. The van der Waals surface area contributed by atoms with Gasteiger partial charge in [0.1, 0.15) is 5.75 Å². The second-order valence-electron chi connectivity index (χ2n) is 9.07. The third-order valence-corrected chi connectivity index (χ3v) is 6.32. The molecule has 1 heterocycles. The zero-order valence-corrected chi connectivity index (χ0v) is 21.4. The topological polar surface area (TPSA) is 82.7 Å². The minimum Gasteiger partial charge on any atom is -0.497 e. The molecule has 194 valence electrons. The van der Waals surface area contributed by atoms with E-state index in [1.54, 1.807) is 13.2 Å². The van der Waals surface area contributed by atoms with Gasteiger partial charge >= 0.3 is 0 Å². The zero-order chi connectivity index (χ0) is 25.4. The number of ether oxygens (including phenoxy) is 1. The Hall–Kier alpha value is -3.16. The fourth-order valence-electron chi connectivity index (χ4n) is 4.24. The van der Waals surface area contributed by atoms with Gasteiger partial charge in [0, 0.05) is 38.2 Å². The van der Waals surface area contributed by atoms with E-state index in [2.05, 4.69) is 28.1 Å². The van der Waals surface area contributed by atoms with E-state index in [0.717, 1.165) is 62.2 Å². The molecular formula is C29H40N4O3. The van der Waals surface area contributed by atoms with Crippen LogP contribution in [0.25, 0.3) is 6.08 Å². The summed E-state index contributed by atoms with van der Waals surface area (Å²) in [5.74, 6) is 0.810. The Morgan fingerprint density at radius 1 is 0.917 bits per heavy atom. The van der Waals surface area contributed by atoms with Gasteiger partial charge in [-0.15, -0.1) is 0 Å². The van der Waals surface area contributed by atoms with Crippen molar-refractivity contribution in [3.63, 3.8) is 0 Å². The highest BCUT2D eigenvalue weighted by molar-refractivity contribution is 5.91. The average molecular weight is 493 g/mol. The molecule has 0 saturated carbocycles. The molecule has 0 spiro atoms. The van der Waals surface area contributed by atoms with E-state index in [9.17, 15) is 9.59 Å². The lowest BCUT2D eigenvalue weighted by Crippen LogP contribution is -2.35. The Kier molecular flexibility index (Phi) is 12.0. The summed E-state index contributed by atoms with van der Waals surface area (Å²) in [6.07, 6.45) is 7.53. The number of nitrogens with zero attached hydrogens (tertiary/aromatic N) is 1. The first kappa shape index (κ1) is 27.4. The molecule has 1 aliphatic heterocycles. The van der Waals surface area contributed by atoms with Gasteiger partial charge in [-0.3, -0.25) is 9.59 Å². The van der Waals surface area contributed by atoms with Crippen LogP contribution in [-0.2, 0) is 9.59 Å². The van der Waals surface area contributed by atoms with Gasteiger partial charge in [0.25, 0.3) is 0 Å². The van der Waals surface area contributed by atoms with E-state index >= 15 is 0 Å². The monoisotopic (exact) mass is 492 g/mol. The summed E-state index contributed by atoms with van der Waals surface area (Å²) in [4.78, 5) is 27.5. The summed E-state index contributed by atoms with van der Waals surface area (Å²) >= 11 is 0. The van der Waals surface area contributed by atoms with Crippen molar-refractivity contribution in [2.45, 2.75) is 38.1 Å². The predicted molar refractivity (Wildman–Crippen MR) is 145 cm³/mol. The summed E-state index contributed by atoms with van der Waals surface area (Å²) in [6, 6.07) is 17.7. The van der Waals surface area contributed by atoms with E-state index in [4.69, 9.17) is 4.74 Å². The number of rotatable bonds is 4. The number of amides is 2. The lowest BCUT2D eigenvalue weighted by atomic mass is 10.0. The van der Waals surface area contributed by atoms with Crippen molar-refractivity contribution >= 4 is 17.9 Å². The van der Waals surface area contributed by atoms with E-state index in [1.807, 2.05) is 53.4 Å². The third-order valence-electron chi connectivity index (χ3n) is 6.32. The molecule has 7 heteroatoms. The van der Waals surface area contributed by atoms with E-state index in [1.165, 1.54) is 0 Å². The van der Waals surface area contributed by atoms with Crippen LogP contribution in [0.4, 0.5) is 0 Å². The maximum Gasteiger partial charge on any atom is 0.246 e. The molecule has 36 heavy (non-hydrogen) atoms. The SMILES string of the molecule is COc1ccc(/C=C\C(=O)N2CCCCNCCCN[C@H](c3ccccc3)CC(=O)NCCC2)cc1. The highest BCUT2D eigenvalue weighted by atomic mass is 16.5. The Morgan fingerprint density at radius 3 is 2.44 bits per heavy atom. The maximum atomic E-state index is 12.9. The summed E-state index contributed by atoms with van der Waals surface area (Å²) in [7, 11) is 1.64. The minimum atomic E-state index is -0.0111. The van der Waals surface area contributed by atoms with Crippen LogP contribution in [0.15, 0.2) is 60.7 Å². The number of carbonyl (C=O) groups is 2. The number of hydrogen-bond donors (Lipinski definition) is 3. The number of benzene rings is 2. The van der Waals surface area contributed by atoms with Gasteiger partial charge in [-0.05, 0) is 74.7 Å². The number of carbonyl (C=O) groups excluding carboxylic acids is 2. The molecular weight excluding hydrogens is 452 g/mol. The molecule has 0 aliphatic carbocycles. The first-order valence-electron chi connectivity index (χ1n) is 13.0. The van der Waals surface area contributed by atoms with Gasteiger partial charge in [-0.2, -0.15) is 0 Å². The van der Waals surface area contributed by atoms with E-state index in [-0.39, 0.29) is 17.9 Å². The van der Waals surface area contributed by atoms with Crippen LogP contribution < -0.4 is 20.7 Å². The number of nitrogens with one attached hydrogen (secondary N) is 3. The molecule has 2 amide bonds. The van der Waals surface area contributed by atoms with Gasteiger partial charge in [0.15, 0.2) is 0 Å². The van der Waals surface area contributed by atoms with Gasteiger partial charge in [-0.1, -0.05) is 42.5 Å². The lowest BCUT2D eigenvalue weighted by molar-refractivity contribution is -0.126. The van der Waals surface area contributed by atoms with Crippen molar-refractivity contribution in [2.75, 3.05) is 46.4 Å². The molecule has 3 N–H and O–H groups in total. The van der Waals surface area contributed by atoms with Crippen molar-refractivity contribution in [1.29, 1.82) is 0 Å². The first-order chi connectivity index (χ1) is 17.7. The van der Waals surface area contributed by atoms with Crippen molar-refractivity contribution < 1.29 is 14.3 Å². The van der Waals surface area contributed by atoms with E-state index in [0.29, 0.717) is 26.1 Å². The van der Waals surface area contributed by atoms with Crippen LogP contribution in [0.3, 0.4) is 0 Å². The fourth-order valence-corrected chi connectivity index (χ4v) is 4.24. The number of hydrogen-bond acceptors (Lipinski definition) is 5. The van der Waals surface area contributed by atoms with Gasteiger partial charge in [-0.25, -0.2) is 0 Å². The van der Waals surface area contributed by atoms with Crippen LogP contribution in [0.2, 0.25) is 0 Å². The van der Waals surface area contributed by atoms with Crippen LogP contribution in [-0.4, -0.2) is 63.1 Å². The number of methoxy groups -OCH3 is 1. The highest BCUT2D eigenvalue weighted by Gasteiger charge is 2.16. The van der Waals surface area contributed by atoms with Crippen molar-refractivity contribution in [1.82, 2.24) is 20.9 Å². The van der Waals surface area contributed by atoms with E-state index < -0.39 is 0 Å². The quantitative estimate of drug-likeness (QED) is 0.569. The highest BCUT2D eigenvalue weighted by Crippen LogP contribution is 2.16. The standard InChI is InChI=1S/C29H40N4O3/c1-36-26-14-11-24(12-15-26)13-16-29(35)33-21-6-5-17-30-18-7-19-31-27(25-9-3-2-4-10-25)23-28(34)32-20-8-22-33/h2-4,9-16,27,30-31H,5-8,17-23H2,1H3,(H,32,34)/b16-13-/t27-/m0/s1. The van der Waals surface area contributed by atoms with Gasteiger partial charge < -0.3 is 25.6 Å². The minimum absolute atomic E-state index is 0.00337. The summed E-state index contributed by atoms with van der Waals surface area (Å²) in [6.45, 7) is 4.58. The summed E-state index contributed by atoms with van der Waals surface area (Å²) < 4.78 is 5.19. The molecule has 1 fully saturated rings. The van der Waals surface area contributed by atoms with Crippen molar-refractivity contribution in [3.05, 3.63) is 71.8 Å². The molecule has 0 bridgehead atoms. The molecule has 0 aromatic heterocycles. The molecule has 2 aromatic rings. The smallest absolute Gasteiger partial charge is 0.246 e. The van der Waals surface area contributed by atoms with Crippen LogP contribution in [0.1, 0.15) is 49.3 Å². The van der Waals surface area contributed by atoms with Crippen LogP contribution >= 0.6 is 0 Å². The van der Waals surface area contributed by atoms with Crippen molar-refractivity contribution in [3.8, 4) is 5.75 Å². The molecule has 1 saturated heterocycles. The normalized spacial score (nSPS) is 19.4. The largest absolute Gasteiger partial charge is 0.497 e. The second-order valence-corrected chi connectivity index (χ2v) is 9.07. The Bertz CT molecular complexity index is 947. The van der Waals surface area contributed by atoms with Gasteiger partial charge in [0.2, 0.25) is 11.8 Å². The fraction of sp³-hybridized carbons (Fsp3) is 0.448. The molecule has 1 aliphatic rings. The lowest BCUT2D eigenvalue weighted by Gasteiger charge is -2.22. The molecule has 0 radical (unpaired) electrons. The zero-order valence-electron chi connectivity index (χ0n) is 21.4. The molecule has 7 nitrogen and oxygen atoms in total. The van der Waals surface area contributed by atoms with Crippen molar-refractivity contribution in [2.24, 2.45) is 0 Å². The molecule has 2 aromatic carbocycles. The first-order valence-corrected chi connectivity index (χ1v) is 13.0. The van der Waals surface area contributed by atoms with Crippen LogP contribution in [0, 0.1) is 0 Å². The third kappa shape index (κ3) is 9.84. The summed E-state index contributed by atoms with van der Waals surface area (Å²) in [5, 5.41) is 10.1.